The van der Waals surface area contributed by atoms with E-state index in [2.05, 4.69) is 62.3 Å². The molecule has 0 radical (unpaired) electrons. The molecule has 106 valence electrons. The van der Waals surface area contributed by atoms with Crippen molar-refractivity contribution in [2.24, 2.45) is 0 Å². The third kappa shape index (κ3) is 3.56. The zero-order valence-corrected chi connectivity index (χ0v) is 12.5. The maximum atomic E-state index is 6.02. The lowest BCUT2D eigenvalue weighted by atomic mass is 9.94. The molecule has 0 amide bonds. The summed E-state index contributed by atoms with van der Waals surface area (Å²) in [5.41, 5.74) is 2.74. The molecule has 3 nitrogen and oxygen atoms in total. The van der Waals surface area contributed by atoms with Gasteiger partial charge in [0.15, 0.2) is 0 Å². The highest BCUT2D eigenvalue weighted by molar-refractivity contribution is 5.30. The Bertz CT molecular complexity index is 405. The predicted molar refractivity (Wildman–Crippen MR) is 79.4 cm³/mol. The summed E-state index contributed by atoms with van der Waals surface area (Å²) < 4.78 is 6.02. The number of likely N-dealkylation sites (N-methyl/N-ethyl adjacent to an activating group) is 1. The van der Waals surface area contributed by atoms with Gasteiger partial charge in [-0.1, -0.05) is 38.1 Å². The van der Waals surface area contributed by atoms with Crippen LogP contribution in [0.5, 0.6) is 0 Å². The first kappa shape index (κ1) is 14.5. The fourth-order valence-corrected chi connectivity index (χ4v) is 2.74. The number of benzene rings is 1. The quantitative estimate of drug-likeness (QED) is 0.901. The lowest BCUT2D eigenvalue weighted by molar-refractivity contribution is -0.0622. The Morgan fingerprint density at radius 2 is 2.11 bits per heavy atom. The minimum absolute atomic E-state index is 0.224. The molecule has 1 heterocycles. The topological polar surface area (TPSA) is 24.5 Å². The molecule has 0 spiro atoms. The van der Waals surface area contributed by atoms with E-state index < -0.39 is 0 Å². The second-order valence-electron chi connectivity index (χ2n) is 5.75. The minimum Gasteiger partial charge on any atom is -0.374 e. The molecule has 1 aromatic rings. The number of nitrogens with zero attached hydrogens (tertiary/aromatic N) is 1. The van der Waals surface area contributed by atoms with Crippen LogP contribution in [0.25, 0.3) is 0 Å². The number of ether oxygens (including phenoxy) is 1. The van der Waals surface area contributed by atoms with Crippen LogP contribution in [0.3, 0.4) is 0 Å². The summed E-state index contributed by atoms with van der Waals surface area (Å²) in [6.07, 6.45) is 0.224. The molecule has 2 rings (SSSR count). The number of aryl methyl sites for hydroxylation is 1. The molecule has 1 aliphatic rings. The summed E-state index contributed by atoms with van der Waals surface area (Å²) in [6, 6.07) is 9.48. The van der Waals surface area contributed by atoms with Crippen LogP contribution in [0, 0.1) is 6.92 Å². The Balaban J connectivity index is 2.19. The van der Waals surface area contributed by atoms with Crippen molar-refractivity contribution in [1.29, 1.82) is 0 Å². The van der Waals surface area contributed by atoms with Crippen molar-refractivity contribution in [2.75, 3.05) is 26.7 Å². The van der Waals surface area contributed by atoms with Crippen LogP contribution >= 0.6 is 0 Å². The summed E-state index contributed by atoms with van der Waals surface area (Å²) in [7, 11) is 2.20. The molecule has 1 fully saturated rings. The van der Waals surface area contributed by atoms with Crippen LogP contribution in [0.1, 0.15) is 31.0 Å². The van der Waals surface area contributed by atoms with E-state index in [1.165, 1.54) is 11.1 Å². The molecule has 19 heavy (non-hydrogen) atoms. The zero-order chi connectivity index (χ0) is 13.8. The van der Waals surface area contributed by atoms with Gasteiger partial charge in [0.05, 0.1) is 18.8 Å². The van der Waals surface area contributed by atoms with Gasteiger partial charge in [0.1, 0.15) is 0 Å². The highest BCUT2D eigenvalue weighted by atomic mass is 16.5. The molecule has 1 aliphatic heterocycles. The first-order valence-electron chi connectivity index (χ1n) is 7.20. The Hall–Kier alpha value is -0.900. The van der Waals surface area contributed by atoms with Gasteiger partial charge in [0.25, 0.3) is 0 Å². The number of hydrogen-bond donors (Lipinski definition) is 1. The predicted octanol–water partition coefficient (Wildman–Crippen LogP) is 2.36. The highest BCUT2D eigenvalue weighted by Gasteiger charge is 2.32. The molecule has 2 atom stereocenters. The summed E-state index contributed by atoms with van der Waals surface area (Å²) in [5.74, 6) is 0. The normalized spacial score (nSPS) is 24.9. The summed E-state index contributed by atoms with van der Waals surface area (Å²) in [5, 5.41) is 3.50. The fraction of sp³-hybridized carbons (Fsp3) is 0.625. The monoisotopic (exact) mass is 262 g/mol. The molecule has 3 heteroatoms. The van der Waals surface area contributed by atoms with Crippen LogP contribution in [0.15, 0.2) is 24.3 Å². The summed E-state index contributed by atoms with van der Waals surface area (Å²) in [4.78, 5) is 2.42. The smallest absolute Gasteiger partial charge is 0.0896 e. The van der Waals surface area contributed by atoms with E-state index in [1.807, 2.05) is 0 Å². The SMILES string of the molecule is Cc1ccccc1C1C(CNC(C)C)OCCN1C. The Morgan fingerprint density at radius 3 is 2.79 bits per heavy atom. The fourth-order valence-electron chi connectivity index (χ4n) is 2.74. The van der Waals surface area contributed by atoms with Gasteiger partial charge in [0, 0.05) is 19.1 Å². The van der Waals surface area contributed by atoms with Crippen LogP contribution in [-0.2, 0) is 4.74 Å². The lowest BCUT2D eigenvalue weighted by Gasteiger charge is -2.40. The van der Waals surface area contributed by atoms with E-state index in [-0.39, 0.29) is 6.10 Å². The molecule has 2 unspecified atom stereocenters. The van der Waals surface area contributed by atoms with Crippen LogP contribution in [0.4, 0.5) is 0 Å². The third-order valence-electron chi connectivity index (χ3n) is 3.84. The van der Waals surface area contributed by atoms with Crippen LogP contribution in [0.2, 0.25) is 0 Å². The summed E-state index contributed by atoms with van der Waals surface area (Å²) >= 11 is 0. The summed E-state index contributed by atoms with van der Waals surface area (Å²) in [6.45, 7) is 9.26. The first-order valence-corrected chi connectivity index (χ1v) is 7.20. The molecular weight excluding hydrogens is 236 g/mol. The Morgan fingerprint density at radius 1 is 1.37 bits per heavy atom. The molecule has 1 saturated heterocycles. The van der Waals surface area contributed by atoms with E-state index in [0.29, 0.717) is 12.1 Å². The lowest BCUT2D eigenvalue weighted by Crippen LogP contribution is -2.48. The molecule has 0 saturated carbocycles. The van der Waals surface area contributed by atoms with Gasteiger partial charge >= 0.3 is 0 Å². The molecule has 0 aromatic heterocycles. The van der Waals surface area contributed by atoms with Crippen molar-refractivity contribution in [3.8, 4) is 0 Å². The van der Waals surface area contributed by atoms with Gasteiger partial charge < -0.3 is 10.1 Å². The maximum absolute atomic E-state index is 6.02. The highest BCUT2D eigenvalue weighted by Crippen LogP contribution is 2.30. The van der Waals surface area contributed by atoms with Crippen LogP contribution < -0.4 is 5.32 Å². The van der Waals surface area contributed by atoms with Gasteiger partial charge in [-0.25, -0.2) is 0 Å². The van der Waals surface area contributed by atoms with Crippen molar-refractivity contribution in [2.45, 2.75) is 39.0 Å². The second kappa shape index (κ2) is 6.51. The molecule has 0 bridgehead atoms. The number of rotatable bonds is 4. The van der Waals surface area contributed by atoms with E-state index in [0.717, 1.165) is 19.7 Å². The van der Waals surface area contributed by atoms with E-state index in [9.17, 15) is 0 Å². The zero-order valence-electron chi connectivity index (χ0n) is 12.5. The van der Waals surface area contributed by atoms with Crippen molar-refractivity contribution < 1.29 is 4.74 Å². The average molecular weight is 262 g/mol. The molecule has 1 N–H and O–H groups in total. The van der Waals surface area contributed by atoms with E-state index in [4.69, 9.17) is 4.74 Å². The average Bonchev–Trinajstić information content (AvgIpc) is 2.37. The Labute approximate surface area is 116 Å². The third-order valence-corrected chi connectivity index (χ3v) is 3.84. The van der Waals surface area contributed by atoms with Crippen molar-refractivity contribution in [3.05, 3.63) is 35.4 Å². The van der Waals surface area contributed by atoms with Gasteiger partial charge in [-0.15, -0.1) is 0 Å². The maximum Gasteiger partial charge on any atom is 0.0896 e. The van der Waals surface area contributed by atoms with Crippen LogP contribution in [-0.4, -0.2) is 43.8 Å². The molecule has 1 aromatic carbocycles. The number of morpholine rings is 1. The standard InChI is InChI=1S/C16H26N2O/c1-12(2)17-11-15-16(18(4)9-10-19-15)14-8-6-5-7-13(14)3/h5-8,12,15-17H,9-11H2,1-4H3. The number of hydrogen-bond acceptors (Lipinski definition) is 3. The minimum atomic E-state index is 0.224. The number of nitrogens with one attached hydrogen (secondary N) is 1. The van der Waals surface area contributed by atoms with Gasteiger partial charge in [-0.3, -0.25) is 4.90 Å². The van der Waals surface area contributed by atoms with Gasteiger partial charge in [0.2, 0.25) is 0 Å². The second-order valence-corrected chi connectivity index (χ2v) is 5.75. The van der Waals surface area contributed by atoms with Crippen molar-refractivity contribution in [1.82, 2.24) is 10.2 Å². The first-order chi connectivity index (χ1) is 9.09. The van der Waals surface area contributed by atoms with Crippen molar-refractivity contribution >= 4 is 0 Å². The molecular formula is C16H26N2O. The van der Waals surface area contributed by atoms with E-state index >= 15 is 0 Å². The largest absolute Gasteiger partial charge is 0.374 e. The van der Waals surface area contributed by atoms with Gasteiger partial charge in [-0.2, -0.15) is 0 Å². The van der Waals surface area contributed by atoms with Crippen molar-refractivity contribution in [3.63, 3.8) is 0 Å². The van der Waals surface area contributed by atoms with Gasteiger partial charge in [-0.05, 0) is 25.1 Å². The Kier molecular flexibility index (Phi) is 4.97. The molecule has 0 aliphatic carbocycles. The van der Waals surface area contributed by atoms with E-state index in [1.54, 1.807) is 0 Å².